The van der Waals surface area contributed by atoms with Crippen LogP contribution in [0.15, 0.2) is 12.1 Å². The number of anilines is 1. The highest BCUT2D eigenvalue weighted by atomic mass is 19.4. The Morgan fingerprint density at radius 2 is 2.05 bits per heavy atom. The molecule has 1 saturated heterocycles. The Kier molecular flexibility index (Phi) is 3.34. The number of carboxylic acids is 1. The lowest BCUT2D eigenvalue weighted by Crippen LogP contribution is -2.24. The average molecular weight is 275 g/mol. The lowest BCUT2D eigenvalue weighted by Gasteiger charge is -2.16. The summed E-state index contributed by atoms with van der Waals surface area (Å²) in [6, 6.07) is 2.06. The minimum atomic E-state index is -4.52. The molecule has 8 heteroatoms. The van der Waals surface area contributed by atoms with Crippen molar-refractivity contribution in [1.82, 2.24) is 10.2 Å². The maximum absolute atomic E-state index is 12.3. The predicted octanol–water partition coefficient (Wildman–Crippen LogP) is 1.65. The van der Waals surface area contributed by atoms with Gasteiger partial charge in [0.15, 0.2) is 11.5 Å². The van der Waals surface area contributed by atoms with Crippen molar-refractivity contribution in [3.05, 3.63) is 17.8 Å². The standard InChI is InChI=1S/C11H12F3N3O2/c1-6-4-17(5-7(6)10(18)19)9-3-2-8(15-16-9)11(12,13)14/h2-3,6-7H,4-5H2,1H3,(H,18,19)/t6-,7-/m1/s1. The highest BCUT2D eigenvalue weighted by Crippen LogP contribution is 2.30. The first-order valence-electron chi connectivity index (χ1n) is 5.67. The van der Waals surface area contributed by atoms with Crippen LogP contribution >= 0.6 is 0 Å². The van der Waals surface area contributed by atoms with E-state index in [1.165, 1.54) is 6.07 Å². The van der Waals surface area contributed by atoms with Crippen molar-refractivity contribution in [3.8, 4) is 0 Å². The van der Waals surface area contributed by atoms with Crippen molar-refractivity contribution in [2.24, 2.45) is 11.8 Å². The molecule has 0 radical (unpaired) electrons. The summed E-state index contributed by atoms with van der Waals surface area (Å²) >= 11 is 0. The van der Waals surface area contributed by atoms with Crippen molar-refractivity contribution in [2.45, 2.75) is 13.1 Å². The molecule has 1 aromatic heterocycles. The molecule has 1 aliphatic heterocycles. The summed E-state index contributed by atoms with van der Waals surface area (Å²) in [6.07, 6.45) is -4.52. The second-order valence-electron chi connectivity index (χ2n) is 4.60. The van der Waals surface area contributed by atoms with Gasteiger partial charge < -0.3 is 10.0 Å². The first-order chi connectivity index (χ1) is 8.79. The van der Waals surface area contributed by atoms with Crippen LogP contribution in [0.5, 0.6) is 0 Å². The van der Waals surface area contributed by atoms with E-state index in [4.69, 9.17) is 5.11 Å². The molecule has 1 N–H and O–H groups in total. The fourth-order valence-electron chi connectivity index (χ4n) is 2.12. The van der Waals surface area contributed by atoms with Gasteiger partial charge in [-0.3, -0.25) is 4.79 Å². The Morgan fingerprint density at radius 1 is 1.37 bits per heavy atom. The number of carbonyl (C=O) groups is 1. The minimum Gasteiger partial charge on any atom is -0.481 e. The number of hydrogen-bond donors (Lipinski definition) is 1. The maximum Gasteiger partial charge on any atom is 0.435 e. The van der Waals surface area contributed by atoms with Gasteiger partial charge in [-0.2, -0.15) is 13.2 Å². The van der Waals surface area contributed by atoms with Crippen LogP contribution in [0.4, 0.5) is 19.0 Å². The number of halogens is 3. The van der Waals surface area contributed by atoms with E-state index in [2.05, 4.69) is 10.2 Å². The lowest BCUT2D eigenvalue weighted by molar-refractivity contribution is -0.142. The minimum absolute atomic E-state index is 0.0819. The molecule has 104 valence electrons. The van der Waals surface area contributed by atoms with Crippen LogP contribution in [0.3, 0.4) is 0 Å². The van der Waals surface area contributed by atoms with E-state index in [0.29, 0.717) is 6.54 Å². The Bertz CT molecular complexity index is 475. The van der Waals surface area contributed by atoms with Gasteiger partial charge in [-0.1, -0.05) is 6.92 Å². The number of aliphatic carboxylic acids is 1. The molecule has 5 nitrogen and oxygen atoms in total. The van der Waals surface area contributed by atoms with Crippen LogP contribution in [0.25, 0.3) is 0 Å². The summed E-state index contributed by atoms with van der Waals surface area (Å²) in [5, 5.41) is 15.6. The van der Waals surface area contributed by atoms with Gasteiger partial charge in [-0.25, -0.2) is 0 Å². The van der Waals surface area contributed by atoms with Gasteiger partial charge in [0.1, 0.15) is 0 Å². The van der Waals surface area contributed by atoms with Crippen molar-refractivity contribution in [1.29, 1.82) is 0 Å². The van der Waals surface area contributed by atoms with Crippen LogP contribution in [-0.4, -0.2) is 34.4 Å². The lowest BCUT2D eigenvalue weighted by atomic mass is 9.99. The largest absolute Gasteiger partial charge is 0.481 e. The molecular formula is C11H12F3N3O2. The first kappa shape index (κ1) is 13.6. The van der Waals surface area contributed by atoms with Gasteiger partial charge in [0.25, 0.3) is 0 Å². The van der Waals surface area contributed by atoms with Crippen LogP contribution < -0.4 is 4.90 Å². The molecule has 0 saturated carbocycles. The van der Waals surface area contributed by atoms with Gasteiger partial charge in [0.2, 0.25) is 0 Å². The number of hydrogen-bond acceptors (Lipinski definition) is 4. The zero-order valence-electron chi connectivity index (χ0n) is 10.1. The highest BCUT2D eigenvalue weighted by Gasteiger charge is 2.36. The van der Waals surface area contributed by atoms with E-state index in [1.807, 2.05) is 0 Å². The molecule has 0 amide bonds. The number of carboxylic acid groups (broad SMARTS) is 1. The zero-order valence-corrected chi connectivity index (χ0v) is 10.1. The molecule has 0 aromatic carbocycles. The molecule has 0 aliphatic carbocycles. The summed E-state index contributed by atoms with van der Waals surface area (Å²) in [4.78, 5) is 12.6. The van der Waals surface area contributed by atoms with Crippen molar-refractivity contribution in [2.75, 3.05) is 18.0 Å². The molecule has 2 heterocycles. The molecular weight excluding hydrogens is 263 g/mol. The zero-order chi connectivity index (χ0) is 14.2. The summed E-state index contributed by atoms with van der Waals surface area (Å²) in [7, 11) is 0. The number of aromatic nitrogens is 2. The van der Waals surface area contributed by atoms with E-state index in [9.17, 15) is 18.0 Å². The van der Waals surface area contributed by atoms with E-state index >= 15 is 0 Å². The first-order valence-corrected chi connectivity index (χ1v) is 5.67. The van der Waals surface area contributed by atoms with Gasteiger partial charge in [-0.05, 0) is 18.1 Å². The molecule has 0 bridgehead atoms. The molecule has 19 heavy (non-hydrogen) atoms. The van der Waals surface area contributed by atoms with Crippen LogP contribution in [-0.2, 0) is 11.0 Å². The van der Waals surface area contributed by atoms with Crippen molar-refractivity contribution < 1.29 is 23.1 Å². The smallest absolute Gasteiger partial charge is 0.435 e. The second kappa shape index (κ2) is 4.67. The van der Waals surface area contributed by atoms with E-state index in [1.54, 1.807) is 11.8 Å². The van der Waals surface area contributed by atoms with E-state index in [-0.39, 0.29) is 18.3 Å². The second-order valence-corrected chi connectivity index (χ2v) is 4.60. The van der Waals surface area contributed by atoms with Gasteiger partial charge in [0, 0.05) is 13.1 Å². The Balaban J connectivity index is 2.14. The molecule has 2 atom stereocenters. The highest BCUT2D eigenvalue weighted by molar-refractivity contribution is 5.72. The molecule has 2 rings (SSSR count). The van der Waals surface area contributed by atoms with Crippen molar-refractivity contribution in [3.63, 3.8) is 0 Å². The van der Waals surface area contributed by atoms with Crippen molar-refractivity contribution >= 4 is 11.8 Å². The fourth-order valence-corrected chi connectivity index (χ4v) is 2.12. The summed E-state index contributed by atoms with van der Waals surface area (Å²) < 4.78 is 37.0. The Labute approximate surface area is 107 Å². The number of rotatable bonds is 2. The van der Waals surface area contributed by atoms with E-state index < -0.39 is 23.8 Å². The van der Waals surface area contributed by atoms with Crippen LogP contribution in [0, 0.1) is 11.8 Å². The maximum atomic E-state index is 12.3. The monoisotopic (exact) mass is 275 g/mol. The summed E-state index contributed by atoms with van der Waals surface area (Å²) in [6.45, 7) is 2.46. The van der Waals surface area contributed by atoms with Gasteiger partial charge >= 0.3 is 12.1 Å². The number of alkyl halides is 3. The third-order valence-corrected chi connectivity index (χ3v) is 3.19. The molecule has 0 unspecified atom stereocenters. The fraction of sp³-hybridized carbons (Fsp3) is 0.545. The Morgan fingerprint density at radius 3 is 2.47 bits per heavy atom. The van der Waals surface area contributed by atoms with Gasteiger partial charge in [-0.15, -0.1) is 10.2 Å². The molecule has 1 aliphatic rings. The third kappa shape index (κ3) is 2.77. The summed E-state index contributed by atoms with van der Waals surface area (Å²) in [5.74, 6) is -1.26. The van der Waals surface area contributed by atoms with Gasteiger partial charge in [0.05, 0.1) is 5.92 Å². The third-order valence-electron chi connectivity index (χ3n) is 3.19. The molecule has 0 spiro atoms. The van der Waals surface area contributed by atoms with Crippen LogP contribution in [0.2, 0.25) is 0 Å². The SMILES string of the molecule is C[C@@H]1CN(c2ccc(C(F)(F)F)nn2)C[C@H]1C(=O)O. The average Bonchev–Trinajstić information content (AvgIpc) is 2.70. The van der Waals surface area contributed by atoms with Crippen LogP contribution in [0.1, 0.15) is 12.6 Å². The summed E-state index contributed by atoms with van der Waals surface area (Å²) in [5.41, 5.74) is -1.06. The number of nitrogens with zero attached hydrogens (tertiary/aromatic N) is 3. The quantitative estimate of drug-likeness (QED) is 0.889. The predicted molar refractivity (Wildman–Crippen MR) is 59.5 cm³/mol. The Hall–Kier alpha value is -1.86. The van der Waals surface area contributed by atoms with E-state index in [0.717, 1.165) is 6.07 Å². The normalized spacial score (nSPS) is 23.7. The molecule has 1 aromatic rings. The topological polar surface area (TPSA) is 66.3 Å². The molecule has 1 fully saturated rings.